The lowest BCUT2D eigenvalue weighted by Gasteiger charge is -2.29. The maximum absolute atomic E-state index is 12.5. The van der Waals surface area contributed by atoms with Gasteiger partial charge in [0.1, 0.15) is 0 Å². The van der Waals surface area contributed by atoms with E-state index in [4.69, 9.17) is 10.5 Å². The minimum atomic E-state index is -3.62. The number of nitrogens with one attached hydrogen (secondary N) is 2. The number of hydrogen-bond acceptors (Lipinski definition) is 5. The molecule has 1 saturated carbocycles. The highest BCUT2D eigenvalue weighted by Crippen LogP contribution is 2.39. The number of carbonyl (C=O) groups excluding carboxylic acids is 1. The van der Waals surface area contributed by atoms with Gasteiger partial charge in [0.2, 0.25) is 10.0 Å². The first-order valence-electron chi connectivity index (χ1n) is 9.08. The van der Waals surface area contributed by atoms with Crippen molar-refractivity contribution in [1.29, 1.82) is 0 Å². The number of halogens is 1. The Balaban J connectivity index is 0.00000261. The standard InChI is InChI=1S/C18H27N3O4S.ClH/c1-18(12-19,14-6-7-14)21-17(22)13-4-8-16(9-5-13)26(23,24)20-11-15-3-2-10-25-15;/h4-5,8-9,14-15,20H,2-3,6-7,10-12,19H2,1H3,(H,21,22);1H. The number of sulfonamides is 1. The predicted molar refractivity (Wildman–Crippen MR) is 106 cm³/mol. The van der Waals surface area contributed by atoms with Gasteiger partial charge in [-0.05, 0) is 62.8 Å². The van der Waals surface area contributed by atoms with E-state index in [0.29, 0.717) is 24.6 Å². The predicted octanol–water partition coefficient (Wildman–Crippen LogP) is 1.42. The first kappa shape index (κ1) is 22.1. The van der Waals surface area contributed by atoms with Gasteiger partial charge in [0.05, 0.1) is 16.5 Å². The van der Waals surface area contributed by atoms with Crippen molar-refractivity contribution in [2.75, 3.05) is 19.7 Å². The van der Waals surface area contributed by atoms with Crippen molar-refractivity contribution < 1.29 is 17.9 Å². The quantitative estimate of drug-likeness (QED) is 0.592. The number of hydrogen-bond donors (Lipinski definition) is 3. The molecule has 0 radical (unpaired) electrons. The molecule has 1 heterocycles. The summed E-state index contributed by atoms with van der Waals surface area (Å²) >= 11 is 0. The molecule has 152 valence electrons. The van der Waals surface area contributed by atoms with Crippen molar-refractivity contribution in [2.45, 2.75) is 49.1 Å². The van der Waals surface area contributed by atoms with Gasteiger partial charge in [-0.1, -0.05) is 0 Å². The molecule has 2 unspecified atom stereocenters. The van der Waals surface area contributed by atoms with Crippen LogP contribution in [0.2, 0.25) is 0 Å². The third kappa shape index (κ3) is 5.42. The Labute approximate surface area is 166 Å². The van der Waals surface area contributed by atoms with Crippen molar-refractivity contribution >= 4 is 28.3 Å². The fourth-order valence-electron chi connectivity index (χ4n) is 3.25. The highest BCUT2D eigenvalue weighted by Gasteiger charge is 2.41. The fraction of sp³-hybridized carbons (Fsp3) is 0.611. The molecule has 0 spiro atoms. The van der Waals surface area contributed by atoms with Crippen molar-refractivity contribution in [2.24, 2.45) is 11.7 Å². The maximum atomic E-state index is 12.5. The zero-order chi connectivity index (χ0) is 18.8. The second-order valence-electron chi connectivity index (χ2n) is 7.36. The van der Waals surface area contributed by atoms with E-state index in [9.17, 15) is 13.2 Å². The summed E-state index contributed by atoms with van der Waals surface area (Å²) in [6, 6.07) is 5.95. The molecule has 1 saturated heterocycles. The third-order valence-electron chi connectivity index (χ3n) is 5.25. The van der Waals surface area contributed by atoms with Crippen molar-refractivity contribution in [3.05, 3.63) is 29.8 Å². The molecule has 1 aromatic rings. The number of amides is 1. The van der Waals surface area contributed by atoms with Crippen LogP contribution in [0.4, 0.5) is 0 Å². The SMILES string of the molecule is CC(CN)(NC(=O)c1ccc(S(=O)(=O)NCC2CCCO2)cc1)C1CC1.Cl. The molecule has 1 aromatic carbocycles. The lowest BCUT2D eigenvalue weighted by atomic mass is 9.95. The molecular weight excluding hydrogens is 390 g/mol. The molecule has 0 bridgehead atoms. The van der Waals surface area contributed by atoms with Gasteiger partial charge in [-0.25, -0.2) is 13.1 Å². The van der Waals surface area contributed by atoms with Crippen molar-refractivity contribution in [1.82, 2.24) is 10.0 Å². The summed E-state index contributed by atoms with van der Waals surface area (Å²) in [6.45, 7) is 3.28. The van der Waals surface area contributed by atoms with Crippen molar-refractivity contribution in [3.63, 3.8) is 0 Å². The van der Waals surface area contributed by atoms with Crippen LogP contribution in [-0.4, -0.2) is 45.7 Å². The van der Waals surface area contributed by atoms with E-state index in [1.165, 1.54) is 24.3 Å². The molecule has 1 amide bonds. The summed E-state index contributed by atoms with van der Waals surface area (Å²) in [5.74, 6) is 0.180. The molecule has 3 rings (SSSR count). The van der Waals surface area contributed by atoms with E-state index in [-0.39, 0.29) is 35.9 Å². The first-order valence-corrected chi connectivity index (χ1v) is 10.6. The lowest BCUT2D eigenvalue weighted by Crippen LogP contribution is -2.53. The molecule has 2 aliphatic rings. The van der Waals surface area contributed by atoms with Crippen LogP contribution in [0.15, 0.2) is 29.2 Å². The first-order chi connectivity index (χ1) is 12.3. The van der Waals surface area contributed by atoms with Crippen LogP contribution in [-0.2, 0) is 14.8 Å². The van der Waals surface area contributed by atoms with E-state index < -0.39 is 15.6 Å². The van der Waals surface area contributed by atoms with Crippen LogP contribution in [0.5, 0.6) is 0 Å². The van der Waals surface area contributed by atoms with Gasteiger partial charge in [-0.2, -0.15) is 0 Å². The van der Waals surface area contributed by atoms with Crippen LogP contribution >= 0.6 is 12.4 Å². The molecule has 9 heteroatoms. The van der Waals surface area contributed by atoms with Gasteiger partial charge in [0, 0.05) is 25.3 Å². The summed E-state index contributed by atoms with van der Waals surface area (Å²) in [5.41, 5.74) is 5.84. The highest BCUT2D eigenvalue weighted by molar-refractivity contribution is 7.89. The number of rotatable bonds is 8. The van der Waals surface area contributed by atoms with Crippen LogP contribution < -0.4 is 15.8 Å². The smallest absolute Gasteiger partial charge is 0.251 e. The maximum Gasteiger partial charge on any atom is 0.251 e. The Morgan fingerprint density at radius 1 is 1.26 bits per heavy atom. The van der Waals surface area contributed by atoms with E-state index in [0.717, 1.165) is 25.7 Å². The van der Waals surface area contributed by atoms with Crippen LogP contribution in [0, 0.1) is 5.92 Å². The van der Waals surface area contributed by atoms with E-state index in [1.54, 1.807) is 0 Å². The Kier molecular flexibility index (Phi) is 7.27. The summed E-state index contributed by atoms with van der Waals surface area (Å²) in [7, 11) is -3.62. The largest absolute Gasteiger partial charge is 0.377 e. The lowest BCUT2D eigenvalue weighted by molar-refractivity contribution is 0.0897. The Morgan fingerprint density at radius 2 is 1.93 bits per heavy atom. The van der Waals surface area contributed by atoms with Crippen LogP contribution in [0.3, 0.4) is 0 Å². The van der Waals surface area contributed by atoms with Gasteiger partial charge in [0.15, 0.2) is 0 Å². The van der Waals surface area contributed by atoms with Gasteiger partial charge in [0.25, 0.3) is 5.91 Å². The van der Waals surface area contributed by atoms with Gasteiger partial charge < -0.3 is 15.8 Å². The molecule has 1 aliphatic heterocycles. The number of carbonyl (C=O) groups is 1. The van der Waals surface area contributed by atoms with E-state index in [2.05, 4.69) is 10.0 Å². The summed E-state index contributed by atoms with van der Waals surface area (Å²) < 4.78 is 32.7. The second-order valence-corrected chi connectivity index (χ2v) is 9.13. The zero-order valence-electron chi connectivity index (χ0n) is 15.4. The van der Waals surface area contributed by atoms with Crippen LogP contribution in [0.1, 0.15) is 43.0 Å². The molecule has 4 N–H and O–H groups in total. The van der Waals surface area contributed by atoms with Gasteiger partial charge in [-0.15, -0.1) is 12.4 Å². The molecule has 27 heavy (non-hydrogen) atoms. The highest BCUT2D eigenvalue weighted by atomic mass is 35.5. The topological polar surface area (TPSA) is 111 Å². The number of benzene rings is 1. The normalized spacial score (nSPS) is 21.9. The molecular formula is C18H28ClN3O4S. The molecule has 7 nitrogen and oxygen atoms in total. The summed E-state index contributed by atoms with van der Waals surface area (Å²) in [5, 5.41) is 3.00. The fourth-order valence-corrected chi connectivity index (χ4v) is 4.31. The average molecular weight is 418 g/mol. The Morgan fingerprint density at radius 3 is 2.44 bits per heavy atom. The summed E-state index contributed by atoms with van der Waals surface area (Å²) in [4.78, 5) is 12.6. The monoisotopic (exact) mass is 417 g/mol. The van der Waals surface area contributed by atoms with Crippen LogP contribution in [0.25, 0.3) is 0 Å². The molecule has 2 atom stereocenters. The molecule has 2 fully saturated rings. The second kappa shape index (κ2) is 8.87. The van der Waals surface area contributed by atoms with E-state index in [1.807, 2.05) is 6.92 Å². The minimum absolute atomic E-state index is 0. The van der Waals surface area contributed by atoms with Crippen molar-refractivity contribution in [3.8, 4) is 0 Å². The van der Waals surface area contributed by atoms with Gasteiger partial charge >= 0.3 is 0 Å². The summed E-state index contributed by atoms with van der Waals surface area (Å²) in [6.07, 6.45) is 3.90. The Hall–Kier alpha value is -1.19. The Bertz CT molecular complexity index is 746. The average Bonchev–Trinajstić information content (AvgIpc) is 3.37. The van der Waals surface area contributed by atoms with E-state index >= 15 is 0 Å². The molecule has 1 aliphatic carbocycles. The minimum Gasteiger partial charge on any atom is -0.377 e. The molecule has 0 aromatic heterocycles. The zero-order valence-corrected chi connectivity index (χ0v) is 17.1. The third-order valence-corrected chi connectivity index (χ3v) is 6.69. The number of ether oxygens (including phenoxy) is 1. The number of nitrogens with two attached hydrogens (primary N) is 1. The van der Waals surface area contributed by atoms with Gasteiger partial charge in [-0.3, -0.25) is 4.79 Å².